The number of nitrogens with zero attached hydrogens (tertiary/aromatic N) is 2. The first kappa shape index (κ1) is 18.4. The fourth-order valence-corrected chi connectivity index (χ4v) is 4.89. The van der Waals surface area contributed by atoms with E-state index in [1.807, 2.05) is 4.90 Å². The molecule has 146 valence electrons. The third-order valence-corrected chi connectivity index (χ3v) is 6.78. The predicted molar refractivity (Wildman–Crippen MR) is 98.5 cm³/mol. The van der Waals surface area contributed by atoms with Crippen LogP contribution in [0.4, 0.5) is 4.39 Å². The van der Waals surface area contributed by atoms with Crippen LogP contribution in [-0.2, 0) is 15.0 Å². The Morgan fingerprint density at radius 3 is 2.44 bits per heavy atom. The molecule has 4 rings (SSSR count). The van der Waals surface area contributed by atoms with E-state index in [9.17, 15) is 19.1 Å². The number of benzene rings is 1. The van der Waals surface area contributed by atoms with Crippen LogP contribution in [0.25, 0.3) is 0 Å². The highest BCUT2D eigenvalue weighted by atomic mass is 19.1. The molecule has 1 spiro atoms. The zero-order valence-corrected chi connectivity index (χ0v) is 15.6. The van der Waals surface area contributed by atoms with Crippen molar-refractivity contribution in [2.75, 3.05) is 32.8 Å². The molecule has 0 aromatic heterocycles. The lowest BCUT2D eigenvalue weighted by atomic mass is 9.72. The number of amides is 2. The predicted octanol–water partition coefficient (Wildman–Crippen LogP) is 2.08. The van der Waals surface area contributed by atoms with Gasteiger partial charge in [0.1, 0.15) is 5.82 Å². The number of carbonyl (C=O) groups excluding carboxylic acids is 2. The summed E-state index contributed by atoms with van der Waals surface area (Å²) in [5.74, 6) is -0.117. The summed E-state index contributed by atoms with van der Waals surface area (Å²) < 4.78 is 14.3. The van der Waals surface area contributed by atoms with E-state index in [4.69, 9.17) is 0 Å². The lowest BCUT2D eigenvalue weighted by Crippen LogP contribution is -2.54. The van der Waals surface area contributed by atoms with Gasteiger partial charge in [0.15, 0.2) is 0 Å². The Morgan fingerprint density at radius 1 is 1.11 bits per heavy atom. The Bertz CT molecular complexity index is 739. The van der Waals surface area contributed by atoms with Gasteiger partial charge in [0, 0.05) is 38.2 Å². The topological polar surface area (TPSA) is 60.9 Å². The molecule has 0 radical (unpaired) electrons. The van der Waals surface area contributed by atoms with Gasteiger partial charge in [-0.15, -0.1) is 0 Å². The van der Waals surface area contributed by atoms with E-state index in [1.165, 1.54) is 6.07 Å². The number of carbonyl (C=O) groups is 2. The maximum atomic E-state index is 14.3. The average Bonchev–Trinajstić information content (AvgIpc) is 3.47. The number of hydrogen-bond acceptors (Lipinski definition) is 3. The summed E-state index contributed by atoms with van der Waals surface area (Å²) in [6, 6.07) is 6.63. The van der Waals surface area contributed by atoms with Crippen molar-refractivity contribution in [2.45, 2.75) is 43.9 Å². The fourth-order valence-electron chi connectivity index (χ4n) is 4.89. The second-order valence-electron chi connectivity index (χ2n) is 8.39. The first-order valence-electron chi connectivity index (χ1n) is 9.93. The van der Waals surface area contributed by atoms with Crippen molar-refractivity contribution < 1.29 is 19.1 Å². The number of likely N-dealkylation sites (tertiary alicyclic amines) is 2. The molecule has 2 saturated heterocycles. The molecule has 3 aliphatic rings. The van der Waals surface area contributed by atoms with Crippen LogP contribution < -0.4 is 0 Å². The first-order valence-corrected chi connectivity index (χ1v) is 9.93. The molecule has 0 bridgehead atoms. The third-order valence-electron chi connectivity index (χ3n) is 6.78. The van der Waals surface area contributed by atoms with Gasteiger partial charge in [0.2, 0.25) is 11.8 Å². The number of piperidine rings is 2. The van der Waals surface area contributed by atoms with Crippen molar-refractivity contribution in [1.82, 2.24) is 9.80 Å². The van der Waals surface area contributed by atoms with Crippen LogP contribution in [0.1, 0.15) is 44.1 Å². The van der Waals surface area contributed by atoms with Crippen molar-refractivity contribution in [3.63, 3.8) is 0 Å². The first-order chi connectivity index (χ1) is 13.0. The average molecular weight is 374 g/mol. The van der Waals surface area contributed by atoms with Gasteiger partial charge in [0.25, 0.3) is 0 Å². The second-order valence-corrected chi connectivity index (χ2v) is 8.39. The SMILES string of the molecule is O=C1CCC2(CCN(C(=O)C3(c4ccccc4F)CC3)CC2)CN1CCO. The van der Waals surface area contributed by atoms with Crippen LogP contribution in [0.15, 0.2) is 24.3 Å². The lowest BCUT2D eigenvalue weighted by molar-refractivity contribution is -0.144. The number of hydrogen-bond donors (Lipinski definition) is 1. The van der Waals surface area contributed by atoms with Crippen LogP contribution in [0.3, 0.4) is 0 Å². The zero-order valence-electron chi connectivity index (χ0n) is 15.6. The quantitative estimate of drug-likeness (QED) is 0.878. The summed E-state index contributed by atoms with van der Waals surface area (Å²) >= 11 is 0. The van der Waals surface area contributed by atoms with Gasteiger partial charge in [-0.05, 0) is 43.6 Å². The van der Waals surface area contributed by atoms with Gasteiger partial charge < -0.3 is 14.9 Å². The van der Waals surface area contributed by atoms with E-state index >= 15 is 0 Å². The number of aliphatic hydroxyl groups excluding tert-OH is 1. The van der Waals surface area contributed by atoms with Crippen molar-refractivity contribution in [2.24, 2.45) is 5.41 Å². The van der Waals surface area contributed by atoms with Gasteiger partial charge in [-0.2, -0.15) is 0 Å². The summed E-state index contributed by atoms with van der Waals surface area (Å²) in [5.41, 5.74) is -0.0803. The van der Waals surface area contributed by atoms with Gasteiger partial charge in [0.05, 0.1) is 12.0 Å². The maximum Gasteiger partial charge on any atom is 0.233 e. The van der Waals surface area contributed by atoms with E-state index in [2.05, 4.69) is 0 Å². The summed E-state index contributed by atoms with van der Waals surface area (Å²) in [7, 11) is 0. The molecule has 0 unspecified atom stereocenters. The van der Waals surface area contributed by atoms with Crippen molar-refractivity contribution in [1.29, 1.82) is 0 Å². The van der Waals surface area contributed by atoms with Crippen molar-refractivity contribution >= 4 is 11.8 Å². The van der Waals surface area contributed by atoms with Crippen molar-refractivity contribution in [3.05, 3.63) is 35.6 Å². The maximum absolute atomic E-state index is 14.3. The summed E-state index contributed by atoms with van der Waals surface area (Å²) in [6.07, 6.45) is 4.53. The third kappa shape index (κ3) is 3.24. The van der Waals surface area contributed by atoms with Gasteiger partial charge >= 0.3 is 0 Å². The van der Waals surface area contributed by atoms with Gasteiger partial charge in [-0.1, -0.05) is 18.2 Å². The molecule has 27 heavy (non-hydrogen) atoms. The van der Waals surface area contributed by atoms with E-state index < -0.39 is 5.41 Å². The lowest BCUT2D eigenvalue weighted by Gasteiger charge is -2.47. The van der Waals surface area contributed by atoms with Crippen LogP contribution in [-0.4, -0.2) is 59.5 Å². The van der Waals surface area contributed by atoms with Gasteiger partial charge in [-0.3, -0.25) is 9.59 Å². The molecule has 1 saturated carbocycles. The molecule has 1 aromatic rings. The minimum atomic E-state index is -0.665. The minimum Gasteiger partial charge on any atom is -0.395 e. The summed E-state index contributed by atoms with van der Waals surface area (Å²) in [6.45, 7) is 2.37. The highest BCUT2D eigenvalue weighted by molar-refractivity contribution is 5.91. The summed E-state index contributed by atoms with van der Waals surface area (Å²) in [5, 5.41) is 9.19. The molecule has 1 N–H and O–H groups in total. The molecular weight excluding hydrogens is 347 g/mol. The van der Waals surface area contributed by atoms with E-state index in [1.54, 1.807) is 23.1 Å². The molecule has 2 heterocycles. The Labute approximate surface area is 159 Å². The molecule has 0 atom stereocenters. The van der Waals surface area contributed by atoms with Gasteiger partial charge in [-0.25, -0.2) is 4.39 Å². The second kappa shape index (κ2) is 6.89. The largest absolute Gasteiger partial charge is 0.395 e. The minimum absolute atomic E-state index is 0.0163. The molecule has 5 nitrogen and oxygen atoms in total. The highest BCUT2D eigenvalue weighted by Crippen LogP contribution is 2.51. The van der Waals surface area contributed by atoms with E-state index in [0.29, 0.717) is 51.0 Å². The van der Waals surface area contributed by atoms with E-state index in [-0.39, 0.29) is 29.7 Å². The van der Waals surface area contributed by atoms with Crippen LogP contribution in [0, 0.1) is 11.2 Å². The monoisotopic (exact) mass is 374 g/mol. The smallest absolute Gasteiger partial charge is 0.233 e. The molecule has 3 fully saturated rings. The molecule has 1 aromatic carbocycles. The number of β-amino-alcohol motifs (C(OH)–C–C–N with tert-alkyl or cyclic N) is 1. The number of halogens is 1. The summed E-state index contributed by atoms with van der Waals surface area (Å²) in [4.78, 5) is 28.9. The number of rotatable bonds is 4. The van der Waals surface area contributed by atoms with Crippen LogP contribution >= 0.6 is 0 Å². The Morgan fingerprint density at radius 2 is 1.81 bits per heavy atom. The molecular formula is C21H27FN2O3. The van der Waals surface area contributed by atoms with Crippen molar-refractivity contribution in [3.8, 4) is 0 Å². The number of aliphatic hydroxyl groups is 1. The fraction of sp³-hybridized carbons (Fsp3) is 0.619. The van der Waals surface area contributed by atoms with Crippen LogP contribution in [0.5, 0.6) is 0 Å². The normalized spacial score (nSPS) is 23.6. The Hall–Kier alpha value is -1.95. The standard InChI is InChI=1S/C21H27FN2O3/c22-17-4-2-1-3-16(17)21(7-8-21)19(27)23-11-9-20(10-12-23)6-5-18(26)24(15-20)13-14-25/h1-4,25H,5-15H2. The molecule has 1 aliphatic carbocycles. The molecule has 2 aliphatic heterocycles. The molecule has 2 amide bonds. The molecule has 6 heteroatoms. The zero-order chi connectivity index (χ0) is 19.1. The Balaban J connectivity index is 1.43. The van der Waals surface area contributed by atoms with Crippen LogP contribution in [0.2, 0.25) is 0 Å². The van der Waals surface area contributed by atoms with E-state index in [0.717, 1.165) is 19.3 Å². The Kier molecular flexibility index (Phi) is 4.70. The highest BCUT2D eigenvalue weighted by Gasteiger charge is 2.55.